The van der Waals surface area contributed by atoms with Crippen LogP contribution in [0.5, 0.6) is 0 Å². The number of halogens is 7. The van der Waals surface area contributed by atoms with E-state index in [1.54, 1.807) is 6.20 Å². The topological polar surface area (TPSA) is 129 Å². The molecule has 0 saturated carbocycles. The molecule has 0 aliphatic carbocycles. The van der Waals surface area contributed by atoms with E-state index in [1.807, 2.05) is 0 Å². The van der Waals surface area contributed by atoms with Crippen molar-refractivity contribution in [3.05, 3.63) is 51.9 Å². The molecule has 0 aromatic carbocycles. The summed E-state index contributed by atoms with van der Waals surface area (Å²) in [6.45, 7) is 0. The van der Waals surface area contributed by atoms with E-state index in [9.17, 15) is 0 Å². The molecule has 3 aromatic rings. The Hall–Kier alpha value is -0.180. The second-order valence-corrected chi connectivity index (χ2v) is 8.67. The lowest BCUT2D eigenvalue weighted by atomic mass is 10.7. The minimum absolute atomic E-state index is 0. The molecule has 160 valence electrons. The van der Waals surface area contributed by atoms with Crippen molar-refractivity contribution in [2.75, 3.05) is 11.5 Å². The third-order valence-electron chi connectivity index (χ3n) is 2.11. The molecule has 0 bridgehead atoms. The molecular weight excluding hydrogens is 751 g/mol. The maximum absolute atomic E-state index is 5.54. The van der Waals surface area contributed by atoms with E-state index in [-0.39, 0.29) is 25.8 Å². The molecule has 0 fully saturated rings. The van der Waals surface area contributed by atoms with Crippen molar-refractivity contribution >= 4 is 114 Å². The number of nitrogens with two attached hydrogens (primary N) is 2. The van der Waals surface area contributed by atoms with Crippen molar-refractivity contribution in [1.82, 2.24) is 29.9 Å². The number of nitrogen functional groups attached to an aromatic ring is 2. The van der Waals surface area contributed by atoms with Gasteiger partial charge in [0.1, 0.15) is 23.0 Å². The summed E-state index contributed by atoms with van der Waals surface area (Å²) in [7, 11) is 0. The van der Waals surface area contributed by atoms with Crippen LogP contribution in [0, 0.1) is 0 Å². The van der Waals surface area contributed by atoms with Crippen LogP contribution in [-0.4, -0.2) is 29.9 Å². The van der Waals surface area contributed by atoms with Crippen molar-refractivity contribution < 1.29 is 0 Å². The van der Waals surface area contributed by atoms with Crippen LogP contribution < -0.4 is 11.5 Å². The smallest absolute Gasteiger partial charge is 0.171 e. The van der Waals surface area contributed by atoms with E-state index in [4.69, 9.17) is 34.7 Å². The normalized spacial score (nSPS) is 8.93. The summed E-state index contributed by atoms with van der Waals surface area (Å²) < 4.78 is 3.04. The molecule has 8 nitrogen and oxygen atoms in total. The Labute approximate surface area is 220 Å². The molecule has 0 unspecified atom stereocenters. The summed E-state index contributed by atoms with van der Waals surface area (Å²) in [6, 6.07) is 0. The van der Waals surface area contributed by atoms with E-state index in [1.165, 1.54) is 12.4 Å². The van der Waals surface area contributed by atoms with Gasteiger partial charge >= 0.3 is 0 Å². The van der Waals surface area contributed by atoms with Gasteiger partial charge < -0.3 is 11.5 Å². The number of rotatable bonds is 0. The Balaban J connectivity index is 0. The average Bonchev–Trinajstić information content (AvgIpc) is 2.60. The lowest BCUT2D eigenvalue weighted by Crippen LogP contribution is -1.92. The molecule has 3 heterocycles. The summed E-state index contributed by atoms with van der Waals surface area (Å²) in [6.07, 6.45) is 4.56. The molecule has 0 aliphatic heterocycles. The van der Waals surface area contributed by atoms with Crippen LogP contribution in [0.15, 0.2) is 41.6 Å². The van der Waals surface area contributed by atoms with Gasteiger partial charge in [0.2, 0.25) is 0 Å². The lowest BCUT2D eigenvalue weighted by molar-refractivity contribution is 1.13. The van der Waals surface area contributed by atoms with Crippen LogP contribution >= 0.6 is 103 Å². The highest BCUT2D eigenvalue weighted by Crippen LogP contribution is 2.18. The number of aromatic nitrogens is 6. The standard InChI is InChI=1S/C4HBr2ClN2.C4H3Br2N3.C4H3BrClN3.2CH4/c2*5-2-1-8-4(7)3(6)9-2;5-2-1-8-3(6)4(7)9-2;;/h1H;1H,(H2,7,8);1H,(H2,7,9);2*1H4. The monoisotopic (exact) mass is 760 g/mol. The number of hydrogen-bond donors (Lipinski definition) is 2. The zero-order valence-electron chi connectivity index (χ0n) is 12.7. The van der Waals surface area contributed by atoms with Gasteiger partial charge in [0, 0.05) is 0 Å². The summed E-state index contributed by atoms with van der Waals surface area (Å²) in [4.78, 5) is 22.9. The first-order valence-corrected chi connectivity index (χ1v) is 11.0. The van der Waals surface area contributed by atoms with Crippen molar-refractivity contribution in [3.8, 4) is 0 Å². The first-order valence-electron chi connectivity index (χ1n) is 6.30. The fraction of sp³-hybridized carbons (Fsp3) is 0.143. The van der Waals surface area contributed by atoms with E-state index < -0.39 is 0 Å². The van der Waals surface area contributed by atoms with Gasteiger partial charge in [-0.3, -0.25) is 0 Å². The predicted molar refractivity (Wildman–Crippen MR) is 137 cm³/mol. The van der Waals surface area contributed by atoms with Gasteiger partial charge in [0.05, 0.1) is 18.6 Å². The maximum Gasteiger partial charge on any atom is 0.171 e. The van der Waals surface area contributed by atoms with Gasteiger partial charge in [-0.05, 0) is 79.6 Å². The molecule has 29 heavy (non-hydrogen) atoms. The lowest BCUT2D eigenvalue weighted by Gasteiger charge is -1.93. The first-order chi connectivity index (χ1) is 12.6. The van der Waals surface area contributed by atoms with Crippen molar-refractivity contribution in [1.29, 1.82) is 0 Å². The molecule has 0 radical (unpaired) electrons. The Kier molecular flexibility index (Phi) is 16.7. The summed E-state index contributed by atoms with van der Waals surface area (Å²) in [5.74, 6) is 0.643. The Morgan fingerprint density at radius 3 is 1.34 bits per heavy atom. The molecule has 0 atom stereocenters. The zero-order valence-corrected chi connectivity index (χ0v) is 22.2. The van der Waals surface area contributed by atoms with Crippen LogP contribution in [-0.2, 0) is 0 Å². The van der Waals surface area contributed by atoms with Gasteiger partial charge in [-0.2, -0.15) is 0 Å². The third kappa shape index (κ3) is 12.3. The van der Waals surface area contributed by atoms with Crippen LogP contribution in [0.4, 0.5) is 11.6 Å². The van der Waals surface area contributed by atoms with Crippen molar-refractivity contribution in [3.63, 3.8) is 0 Å². The molecule has 4 N–H and O–H groups in total. The first kappa shape index (κ1) is 31.0. The highest BCUT2D eigenvalue weighted by molar-refractivity contribution is 9.11. The fourth-order valence-corrected chi connectivity index (χ4v) is 3.15. The van der Waals surface area contributed by atoms with Crippen LogP contribution in [0.1, 0.15) is 14.9 Å². The Morgan fingerprint density at radius 1 is 0.586 bits per heavy atom. The predicted octanol–water partition coefficient (Wildman–Crippen LogP) is 6.99. The van der Waals surface area contributed by atoms with Gasteiger partial charge in [0.15, 0.2) is 21.9 Å². The highest BCUT2D eigenvalue weighted by Gasteiger charge is 1.98. The average molecular weight is 766 g/mol. The number of hydrogen-bond acceptors (Lipinski definition) is 8. The minimum Gasteiger partial charge on any atom is -0.381 e. The molecule has 3 aromatic heterocycles. The van der Waals surface area contributed by atoms with Crippen LogP contribution in [0.3, 0.4) is 0 Å². The van der Waals surface area contributed by atoms with Gasteiger partial charge in [-0.1, -0.05) is 38.1 Å². The minimum atomic E-state index is 0. The molecular formula is C14H15Br5Cl2N8. The Morgan fingerprint density at radius 2 is 1.00 bits per heavy atom. The quantitative estimate of drug-likeness (QED) is 0.251. The van der Waals surface area contributed by atoms with Gasteiger partial charge in [-0.25, -0.2) is 29.9 Å². The molecule has 0 saturated heterocycles. The number of nitrogens with zero attached hydrogens (tertiary/aromatic N) is 6. The zero-order chi connectivity index (χ0) is 20.6. The molecule has 15 heteroatoms. The Bertz CT molecular complexity index is 801. The molecule has 3 rings (SSSR count). The van der Waals surface area contributed by atoms with Crippen LogP contribution in [0.25, 0.3) is 0 Å². The summed E-state index contributed by atoms with van der Waals surface area (Å²) in [5.41, 5.74) is 10.6. The molecule has 0 aliphatic rings. The fourth-order valence-electron chi connectivity index (χ4n) is 1.05. The highest BCUT2D eigenvalue weighted by atomic mass is 79.9. The van der Waals surface area contributed by atoms with E-state index in [2.05, 4.69) is 110 Å². The van der Waals surface area contributed by atoms with Gasteiger partial charge in [-0.15, -0.1) is 0 Å². The SMILES string of the molecule is C.C.Clc1ncc(Br)nc1Br.Nc1nc(Br)cnc1Cl.Nc1ncc(Br)nc1Br. The summed E-state index contributed by atoms with van der Waals surface area (Å²) >= 11 is 26.6. The molecule has 0 amide bonds. The van der Waals surface area contributed by atoms with E-state index >= 15 is 0 Å². The molecule has 0 spiro atoms. The van der Waals surface area contributed by atoms with Gasteiger partial charge in [0.25, 0.3) is 0 Å². The largest absolute Gasteiger partial charge is 0.381 e. The van der Waals surface area contributed by atoms with Crippen molar-refractivity contribution in [2.45, 2.75) is 14.9 Å². The summed E-state index contributed by atoms with van der Waals surface area (Å²) in [5, 5.41) is 0.608. The number of anilines is 2. The third-order valence-corrected chi connectivity index (χ3v) is 5.19. The maximum atomic E-state index is 5.54. The van der Waals surface area contributed by atoms with Crippen LogP contribution in [0.2, 0.25) is 10.3 Å². The van der Waals surface area contributed by atoms with Crippen molar-refractivity contribution in [2.24, 2.45) is 0 Å². The second kappa shape index (κ2) is 15.6. The van der Waals surface area contributed by atoms with E-state index in [0.717, 1.165) is 0 Å². The second-order valence-electron chi connectivity index (χ2n) is 4.01. The van der Waals surface area contributed by atoms with E-state index in [0.29, 0.717) is 34.0 Å².